The Morgan fingerprint density at radius 2 is 1.71 bits per heavy atom. The summed E-state index contributed by atoms with van der Waals surface area (Å²) in [6.45, 7) is 6.30. The van der Waals surface area contributed by atoms with E-state index in [0.29, 0.717) is 47.4 Å². The molecule has 0 aliphatic carbocycles. The van der Waals surface area contributed by atoms with Crippen LogP contribution in [0.2, 0.25) is 0 Å². The quantitative estimate of drug-likeness (QED) is 0.716. The Bertz CT molecular complexity index is 1130. The van der Waals surface area contributed by atoms with E-state index in [2.05, 4.69) is 9.88 Å². The SMILES string of the molecule is Cc1ccc(-c2c(C)noc2C)cc1S(=O)(=O)Nc1ccc2c(c1)OCCO2. The summed E-state index contributed by atoms with van der Waals surface area (Å²) >= 11 is 0. The Morgan fingerprint density at radius 1 is 0.964 bits per heavy atom. The number of benzene rings is 2. The number of nitrogens with zero attached hydrogens (tertiary/aromatic N) is 1. The van der Waals surface area contributed by atoms with Gasteiger partial charge < -0.3 is 14.0 Å². The van der Waals surface area contributed by atoms with Crippen molar-refractivity contribution in [3.05, 3.63) is 53.4 Å². The third-order valence-corrected chi connectivity index (χ3v) is 6.12. The molecule has 0 fully saturated rings. The molecule has 4 rings (SSSR count). The van der Waals surface area contributed by atoms with E-state index < -0.39 is 10.0 Å². The summed E-state index contributed by atoms with van der Waals surface area (Å²) in [6.07, 6.45) is 0. The van der Waals surface area contributed by atoms with Crippen LogP contribution in [0.25, 0.3) is 11.1 Å². The molecule has 0 saturated heterocycles. The molecule has 1 N–H and O–H groups in total. The van der Waals surface area contributed by atoms with Crippen LogP contribution in [0, 0.1) is 20.8 Å². The van der Waals surface area contributed by atoms with E-state index in [4.69, 9.17) is 14.0 Å². The third-order valence-electron chi connectivity index (χ3n) is 4.59. The molecular weight excluding hydrogens is 380 g/mol. The first-order valence-electron chi connectivity index (χ1n) is 8.81. The highest BCUT2D eigenvalue weighted by Gasteiger charge is 2.21. The van der Waals surface area contributed by atoms with Crippen molar-refractivity contribution >= 4 is 15.7 Å². The number of sulfonamides is 1. The Labute approximate surface area is 163 Å². The van der Waals surface area contributed by atoms with Crippen molar-refractivity contribution < 1.29 is 22.4 Å². The predicted octanol–water partition coefficient (Wildman–Crippen LogP) is 3.84. The molecule has 1 aliphatic heterocycles. The van der Waals surface area contributed by atoms with Gasteiger partial charge >= 0.3 is 0 Å². The Kier molecular flexibility index (Phi) is 4.50. The lowest BCUT2D eigenvalue weighted by molar-refractivity contribution is 0.171. The number of hydrogen-bond donors (Lipinski definition) is 1. The maximum atomic E-state index is 13.1. The molecule has 0 radical (unpaired) electrons. The molecule has 2 heterocycles. The normalized spacial score (nSPS) is 13.4. The number of aryl methyl sites for hydroxylation is 3. The molecule has 28 heavy (non-hydrogen) atoms. The van der Waals surface area contributed by atoms with Crippen molar-refractivity contribution in [2.45, 2.75) is 25.7 Å². The van der Waals surface area contributed by atoms with Gasteiger partial charge in [-0.3, -0.25) is 4.72 Å². The first-order valence-corrected chi connectivity index (χ1v) is 10.3. The minimum atomic E-state index is -3.81. The van der Waals surface area contributed by atoms with Gasteiger partial charge in [-0.05, 0) is 50.1 Å². The fourth-order valence-electron chi connectivity index (χ4n) is 3.26. The molecule has 0 amide bonds. The monoisotopic (exact) mass is 400 g/mol. The van der Waals surface area contributed by atoms with Crippen molar-refractivity contribution in [2.75, 3.05) is 17.9 Å². The van der Waals surface area contributed by atoms with Crippen LogP contribution in [0.1, 0.15) is 17.0 Å². The van der Waals surface area contributed by atoms with Crippen LogP contribution in [0.3, 0.4) is 0 Å². The smallest absolute Gasteiger partial charge is 0.262 e. The van der Waals surface area contributed by atoms with Crippen molar-refractivity contribution in [2.24, 2.45) is 0 Å². The maximum Gasteiger partial charge on any atom is 0.262 e. The summed E-state index contributed by atoms with van der Waals surface area (Å²) in [5.74, 6) is 1.77. The lowest BCUT2D eigenvalue weighted by atomic mass is 10.0. The van der Waals surface area contributed by atoms with Gasteiger partial charge in [-0.15, -0.1) is 0 Å². The number of hydrogen-bond acceptors (Lipinski definition) is 6. The Hall–Kier alpha value is -3.00. The highest BCUT2D eigenvalue weighted by atomic mass is 32.2. The summed E-state index contributed by atoms with van der Waals surface area (Å²) in [5, 5.41) is 3.95. The number of nitrogens with one attached hydrogen (secondary N) is 1. The first-order chi connectivity index (χ1) is 13.3. The molecule has 0 spiro atoms. The molecule has 3 aromatic rings. The predicted molar refractivity (Wildman–Crippen MR) is 104 cm³/mol. The molecule has 1 aliphatic rings. The lowest BCUT2D eigenvalue weighted by Gasteiger charge is -2.19. The molecule has 8 heteroatoms. The zero-order valence-corrected chi connectivity index (χ0v) is 16.6. The molecule has 1 aromatic heterocycles. The fraction of sp³-hybridized carbons (Fsp3) is 0.250. The third kappa shape index (κ3) is 3.31. The number of rotatable bonds is 4. The molecule has 0 unspecified atom stereocenters. The maximum absolute atomic E-state index is 13.1. The number of ether oxygens (including phenoxy) is 2. The van der Waals surface area contributed by atoms with Crippen LogP contribution < -0.4 is 14.2 Å². The highest BCUT2D eigenvalue weighted by molar-refractivity contribution is 7.92. The Balaban J connectivity index is 1.70. The van der Waals surface area contributed by atoms with Crippen LogP contribution >= 0.6 is 0 Å². The number of fused-ring (bicyclic) bond motifs is 1. The van der Waals surface area contributed by atoms with Gasteiger partial charge in [0.25, 0.3) is 10.0 Å². The minimum absolute atomic E-state index is 0.194. The van der Waals surface area contributed by atoms with E-state index >= 15 is 0 Å². The largest absolute Gasteiger partial charge is 0.486 e. The van der Waals surface area contributed by atoms with Crippen molar-refractivity contribution in [1.29, 1.82) is 0 Å². The van der Waals surface area contributed by atoms with Gasteiger partial charge in [0.15, 0.2) is 11.5 Å². The van der Waals surface area contributed by atoms with Crippen LogP contribution in [0.5, 0.6) is 11.5 Å². The zero-order chi connectivity index (χ0) is 19.9. The number of aromatic nitrogens is 1. The molecule has 146 valence electrons. The molecular formula is C20H20N2O5S. The van der Waals surface area contributed by atoms with Gasteiger partial charge in [0.1, 0.15) is 19.0 Å². The van der Waals surface area contributed by atoms with Gasteiger partial charge in [0, 0.05) is 11.6 Å². The average molecular weight is 400 g/mol. The summed E-state index contributed by atoms with van der Waals surface area (Å²) in [6, 6.07) is 10.3. The lowest BCUT2D eigenvalue weighted by Crippen LogP contribution is -2.17. The molecule has 7 nitrogen and oxygen atoms in total. The zero-order valence-electron chi connectivity index (χ0n) is 15.8. The van der Waals surface area contributed by atoms with E-state index in [1.54, 1.807) is 44.2 Å². The van der Waals surface area contributed by atoms with Crippen LogP contribution in [0.4, 0.5) is 5.69 Å². The average Bonchev–Trinajstić information content (AvgIpc) is 3.00. The van der Waals surface area contributed by atoms with E-state index in [9.17, 15) is 8.42 Å². The molecule has 0 atom stereocenters. The highest BCUT2D eigenvalue weighted by Crippen LogP contribution is 2.34. The summed E-state index contributed by atoms with van der Waals surface area (Å²) in [7, 11) is -3.81. The van der Waals surface area contributed by atoms with Gasteiger partial charge in [-0.25, -0.2) is 8.42 Å². The second-order valence-corrected chi connectivity index (χ2v) is 8.29. The summed E-state index contributed by atoms with van der Waals surface area (Å²) in [4.78, 5) is 0.194. The molecule has 0 bridgehead atoms. The summed E-state index contributed by atoms with van der Waals surface area (Å²) in [5.41, 5.74) is 3.30. The van der Waals surface area contributed by atoms with E-state index in [-0.39, 0.29) is 4.90 Å². The van der Waals surface area contributed by atoms with Gasteiger partial charge in [0.2, 0.25) is 0 Å². The van der Waals surface area contributed by atoms with Gasteiger partial charge in [0.05, 0.1) is 16.3 Å². The van der Waals surface area contributed by atoms with Crippen molar-refractivity contribution in [3.8, 4) is 22.6 Å². The topological polar surface area (TPSA) is 90.7 Å². The first kappa shape index (κ1) is 18.4. The van der Waals surface area contributed by atoms with E-state index in [1.165, 1.54) is 0 Å². The van der Waals surface area contributed by atoms with Crippen LogP contribution in [-0.2, 0) is 10.0 Å². The van der Waals surface area contributed by atoms with Crippen LogP contribution in [-0.4, -0.2) is 26.8 Å². The molecule has 0 saturated carbocycles. The summed E-state index contributed by atoms with van der Waals surface area (Å²) < 4.78 is 45.0. The van der Waals surface area contributed by atoms with Crippen molar-refractivity contribution in [1.82, 2.24) is 5.16 Å². The van der Waals surface area contributed by atoms with Gasteiger partial charge in [-0.2, -0.15) is 0 Å². The second-order valence-electron chi connectivity index (χ2n) is 6.64. The Morgan fingerprint density at radius 3 is 2.43 bits per heavy atom. The number of anilines is 1. The van der Waals surface area contributed by atoms with E-state index in [0.717, 1.165) is 11.1 Å². The molecule has 2 aromatic carbocycles. The van der Waals surface area contributed by atoms with E-state index in [1.807, 2.05) is 13.0 Å². The van der Waals surface area contributed by atoms with Crippen molar-refractivity contribution in [3.63, 3.8) is 0 Å². The second kappa shape index (κ2) is 6.87. The van der Waals surface area contributed by atoms with Gasteiger partial charge in [-0.1, -0.05) is 17.3 Å². The standard InChI is InChI=1S/C20H20N2O5S/c1-12-4-5-15(20-13(2)21-27-14(20)3)10-19(12)28(23,24)22-16-6-7-17-18(11-16)26-9-8-25-17/h4-7,10-11,22H,8-9H2,1-3H3. The minimum Gasteiger partial charge on any atom is -0.486 e. The fourth-order valence-corrected chi connectivity index (χ4v) is 4.58. The van der Waals surface area contributed by atoms with Crippen LogP contribution in [0.15, 0.2) is 45.8 Å².